The highest BCUT2D eigenvalue weighted by atomic mass is 79.9. The van der Waals surface area contributed by atoms with E-state index in [4.69, 9.17) is 11.6 Å². The zero-order chi connectivity index (χ0) is 26.4. The topological polar surface area (TPSA) is 99.6 Å². The molecular formula is C24H17BrClF2N7O2. The van der Waals surface area contributed by atoms with Crippen LogP contribution in [0.3, 0.4) is 0 Å². The SMILES string of the molecule is Cc1cncc(-n2c(=O)nc(Nc3cc4cn(C)nc4cc3Cl)n(Cc3cc(F)c(F)cc3Br)c2=O)c1. The number of aryl methyl sites for hydroxylation is 2. The molecule has 9 nitrogen and oxygen atoms in total. The van der Waals surface area contributed by atoms with E-state index in [-0.39, 0.29) is 33.2 Å². The lowest BCUT2D eigenvalue weighted by Gasteiger charge is -2.17. The van der Waals surface area contributed by atoms with E-state index in [1.54, 1.807) is 49.2 Å². The second-order valence-electron chi connectivity index (χ2n) is 8.32. The lowest BCUT2D eigenvalue weighted by Crippen LogP contribution is -2.41. The summed E-state index contributed by atoms with van der Waals surface area (Å²) in [5, 5.41) is 8.28. The van der Waals surface area contributed by atoms with Crippen LogP contribution < -0.4 is 16.7 Å². The summed E-state index contributed by atoms with van der Waals surface area (Å²) in [7, 11) is 1.76. The van der Waals surface area contributed by atoms with Crippen LogP contribution in [0.15, 0.2) is 63.0 Å². The maximum atomic E-state index is 14.1. The number of nitrogens with zero attached hydrogens (tertiary/aromatic N) is 6. The Bertz CT molecular complexity index is 1820. The second-order valence-corrected chi connectivity index (χ2v) is 9.58. The number of pyridine rings is 1. The van der Waals surface area contributed by atoms with Crippen molar-refractivity contribution >= 4 is 50.1 Å². The zero-order valence-corrected chi connectivity index (χ0v) is 21.7. The van der Waals surface area contributed by atoms with Gasteiger partial charge in [0.25, 0.3) is 0 Å². The molecule has 5 aromatic rings. The van der Waals surface area contributed by atoms with E-state index in [1.165, 1.54) is 6.20 Å². The van der Waals surface area contributed by atoms with E-state index in [2.05, 4.69) is 36.3 Å². The van der Waals surface area contributed by atoms with Crippen molar-refractivity contribution in [3.63, 3.8) is 0 Å². The summed E-state index contributed by atoms with van der Waals surface area (Å²) in [6.07, 6.45) is 4.71. The molecule has 0 aliphatic rings. The number of fused-ring (bicyclic) bond motifs is 1. The Morgan fingerprint density at radius 3 is 2.59 bits per heavy atom. The van der Waals surface area contributed by atoms with Crippen molar-refractivity contribution in [2.75, 3.05) is 5.32 Å². The quantitative estimate of drug-likeness (QED) is 0.304. The lowest BCUT2D eigenvalue weighted by molar-refractivity contribution is 0.505. The summed E-state index contributed by atoms with van der Waals surface area (Å²) >= 11 is 9.66. The van der Waals surface area contributed by atoms with Crippen molar-refractivity contribution in [1.82, 2.24) is 28.9 Å². The first-order valence-corrected chi connectivity index (χ1v) is 12.0. The van der Waals surface area contributed by atoms with Gasteiger partial charge in [0.2, 0.25) is 5.95 Å². The minimum atomic E-state index is -1.09. The van der Waals surface area contributed by atoms with Crippen LogP contribution in [0.4, 0.5) is 20.4 Å². The Morgan fingerprint density at radius 2 is 1.84 bits per heavy atom. The molecule has 0 amide bonds. The number of halogens is 4. The maximum Gasteiger partial charge on any atom is 0.359 e. The van der Waals surface area contributed by atoms with Crippen LogP contribution in [0.5, 0.6) is 0 Å². The Hall–Kier alpha value is -3.90. The van der Waals surface area contributed by atoms with Gasteiger partial charge in [-0.15, -0.1) is 0 Å². The molecule has 188 valence electrons. The molecule has 0 atom stereocenters. The Balaban J connectivity index is 1.70. The van der Waals surface area contributed by atoms with Crippen LogP contribution in [0, 0.1) is 18.6 Å². The molecule has 0 saturated heterocycles. The largest absolute Gasteiger partial charge is 0.359 e. The van der Waals surface area contributed by atoms with Gasteiger partial charge in [-0.05, 0) is 48.4 Å². The number of anilines is 2. The highest BCUT2D eigenvalue weighted by Crippen LogP contribution is 2.30. The standard InChI is InChI=1S/C24H17BrClF2N7O2/c1-12-3-15(9-29-8-12)35-23(36)31-22(30-21-5-14-10-33(2)32-20(14)7-17(21)26)34(24(35)37)11-13-4-18(27)19(28)6-16(13)25/h3-10H,11H2,1-2H3,(H,30,31,36). The molecule has 1 N–H and O–H groups in total. The second kappa shape index (κ2) is 9.52. The maximum absolute atomic E-state index is 14.1. The van der Waals surface area contributed by atoms with Crippen molar-refractivity contribution < 1.29 is 8.78 Å². The lowest BCUT2D eigenvalue weighted by atomic mass is 10.2. The predicted molar refractivity (Wildman–Crippen MR) is 139 cm³/mol. The van der Waals surface area contributed by atoms with E-state index < -0.39 is 23.0 Å². The van der Waals surface area contributed by atoms with Gasteiger partial charge in [0.05, 0.1) is 34.7 Å². The van der Waals surface area contributed by atoms with Crippen molar-refractivity contribution in [1.29, 1.82) is 0 Å². The molecule has 0 aliphatic carbocycles. The average Bonchev–Trinajstić information content (AvgIpc) is 3.18. The van der Waals surface area contributed by atoms with Gasteiger partial charge in [-0.25, -0.2) is 22.9 Å². The first kappa shape index (κ1) is 24.8. The molecular weight excluding hydrogens is 572 g/mol. The van der Waals surface area contributed by atoms with Crippen LogP contribution in [-0.4, -0.2) is 28.9 Å². The smallest absolute Gasteiger partial charge is 0.324 e. The molecule has 0 saturated carbocycles. The Kier molecular flexibility index (Phi) is 6.38. The van der Waals surface area contributed by atoms with Crippen molar-refractivity contribution in [3.05, 3.63) is 102 Å². The molecule has 0 aliphatic heterocycles. The molecule has 0 bridgehead atoms. The zero-order valence-electron chi connectivity index (χ0n) is 19.3. The first-order valence-electron chi connectivity index (χ1n) is 10.8. The third-order valence-corrected chi connectivity index (χ3v) is 6.61. The van der Waals surface area contributed by atoms with Gasteiger partial charge in [-0.1, -0.05) is 27.5 Å². The van der Waals surface area contributed by atoms with E-state index in [9.17, 15) is 18.4 Å². The number of benzene rings is 2. The molecule has 3 heterocycles. The van der Waals surface area contributed by atoms with Crippen LogP contribution in [-0.2, 0) is 13.6 Å². The third-order valence-electron chi connectivity index (χ3n) is 5.56. The number of aromatic nitrogens is 6. The summed E-state index contributed by atoms with van der Waals surface area (Å²) < 4.78 is 31.6. The Morgan fingerprint density at radius 1 is 1.08 bits per heavy atom. The van der Waals surface area contributed by atoms with Crippen LogP contribution in [0.2, 0.25) is 5.02 Å². The predicted octanol–water partition coefficient (Wildman–Crippen LogP) is 4.47. The minimum absolute atomic E-state index is 0.145. The summed E-state index contributed by atoms with van der Waals surface area (Å²) in [5.41, 5.74) is 0.550. The Labute approximate surface area is 221 Å². The highest BCUT2D eigenvalue weighted by molar-refractivity contribution is 9.10. The van der Waals surface area contributed by atoms with Gasteiger partial charge in [-0.2, -0.15) is 10.1 Å². The van der Waals surface area contributed by atoms with E-state index >= 15 is 0 Å². The van der Waals surface area contributed by atoms with E-state index in [0.717, 1.165) is 32.2 Å². The number of nitrogens with one attached hydrogen (secondary N) is 1. The molecule has 3 aromatic heterocycles. The van der Waals surface area contributed by atoms with E-state index in [0.29, 0.717) is 11.2 Å². The highest BCUT2D eigenvalue weighted by Gasteiger charge is 2.19. The summed E-state index contributed by atoms with van der Waals surface area (Å²) in [5.74, 6) is -2.28. The van der Waals surface area contributed by atoms with Gasteiger partial charge in [-0.3, -0.25) is 14.2 Å². The van der Waals surface area contributed by atoms with Crippen LogP contribution in [0.1, 0.15) is 11.1 Å². The van der Waals surface area contributed by atoms with Gasteiger partial charge in [0.1, 0.15) is 0 Å². The first-order chi connectivity index (χ1) is 17.6. The van der Waals surface area contributed by atoms with Gasteiger partial charge in [0.15, 0.2) is 11.6 Å². The van der Waals surface area contributed by atoms with Gasteiger partial charge in [0, 0.05) is 29.3 Å². The molecule has 0 unspecified atom stereocenters. The molecule has 5 rings (SSSR count). The fourth-order valence-corrected chi connectivity index (χ4v) is 4.50. The average molecular weight is 589 g/mol. The fourth-order valence-electron chi connectivity index (χ4n) is 3.86. The summed E-state index contributed by atoms with van der Waals surface area (Å²) in [4.78, 5) is 34.9. The summed E-state index contributed by atoms with van der Waals surface area (Å²) in [6, 6.07) is 6.87. The molecule has 37 heavy (non-hydrogen) atoms. The summed E-state index contributed by atoms with van der Waals surface area (Å²) in [6.45, 7) is 1.51. The van der Waals surface area contributed by atoms with Gasteiger partial charge >= 0.3 is 11.4 Å². The van der Waals surface area contributed by atoms with Crippen molar-refractivity contribution in [3.8, 4) is 5.69 Å². The van der Waals surface area contributed by atoms with Crippen molar-refractivity contribution in [2.24, 2.45) is 7.05 Å². The number of hydrogen-bond acceptors (Lipinski definition) is 6. The molecule has 2 aromatic carbocycles. The number of hydrogen-bond donors (Lipinski definition) is 1. The third kappa shape index (κ3) is 4.77. The monoisotopic (exact) mass is 587 g/mol. The fraction of sp³-hybridized carbons (Fsp3) is 0.125. The van der Waals surface area contributed by atoms with Gasteiger partial charge < -0.3 is 5.32 Å². The molecule has 0 spiro atoms. The van der Waals surface area contributed by atoms with Crippen LogP contribution >= 0.6 is 27.5 Å². The molecule has 0 fully saturated rings. The number of rotatable bonds is 5. The normalized spacial score (nSPS) is 11.3. The molecule has 13 heteroatoms. The minimum Gasteiger partial charge on any atom is -0.324 e. The van der Waals surface area contributed by atoms with Crippen LogP contribution in [0.25, 0.3) is 16.6 Å². The van der Waals surface area contributed by atoms with E-state index in [1.807, 2.05) is 0 Å². The van der Waals surface area contributed by atoms with Crippen molar-refractivity contribution in [2.45, 2.75) is 13.5 Å². The molecule has 0 radical (unpaired) electrons.